The highest BCUT2D eigenvalue weighted by atomic mass is 16.5. The predicted molar refractivity (Wildman–Crippen MR) is 80.9 cm³/mol. The van der Waals surface area contributed by atoms with Crippen molar-refractivity contribution in [2.45, 2.75) is 46.0 Å². The van der Waals surface area contributed by atoms with E-state index in [1.807, 2.05) is 4.90 Å². The number of carbonyl (C=O) groups excluding carboxylic acids is 2. The molecular formula is C16H28N2O3. The summed E-state index contributed by atoms with van der Waals surface area (Å²) in [5.74, 6) is 0.880. The Balaban J connectivity index is 2.01. The number of hydrogen-bond acceptors (Lipinski definition) is 3. The maximum absolute atomic E-state index is 12.1. The van der Waals surface area contributed by atoms with Crippen LogP contribution in [0.15, 0.2) is 0 Å². The largest absolute Gasteiger partial charge is 0.453 e. The van der Waals surface area contributed by atoms with Crippen LogP contribution in [0.3, 0.4) is 0 Å². The van der Waals surface area contributed by atoms with Gasteiger partial charge in [-0.25, -0.2) is 4.79 Å². The van der Waals surface area contributed by atoms with Gasteiger partial charge in [-0.05, 0) is 31.6 Å². The van der Waals surface area contributed by atoms with Gasteiger partial charge in [0.2, 0.25) is 5.91 Å². The Morgan fingerprint density at radius 3 is 2.76 bits per heavy atom. The summed E-state index contributed by atoms with van der Waals surface area (Å²) in [4.78, 5) is 27.7. The first-order chi connectivity index (χ1) is 9.96. The molecule has 0 aromatic rings. The molecule has 2 aliphatic heterocycles. The van der Waals surface area contributed by atoms with Crippen molar-refractivity contribution in [2.75, 3.05) is 33.3 Å². The molecular weight excluding hydrogens is 268 g/mol. The fraction of sp³-hybridized carbons (Fsp3) is 0.875. The minimum Gasteiger partial charge on any atom is -0.453 e. The van der Waals surface area contributed by atoms with Crippen LogP contribution in [0.4, 0.5) is 4.79 Å². The molecule has 2 aliphatic rings. The number of hydrogen-bond donors (Lipinski definition) is 0. The number of amides is 2. The van der Waals surface area contributed by atoms with Crippen LogP contribution in [0.25, 0.3) is 0 Å². The van der Waals surface area contributed by atoms with E-state index >= 15 is 0 Å². The molecule has 1 unspecified atom stereocenters. The highest BCUT2D eigenvalue weighted by molar-refractivity contribution is 5.77. The molecule has 0 saturated carbocycles. The molecule has 0 aromatic heterocycles. The zero-order valence-corrected chi connectivity index (χ0v) is 13.6. The van der Waals surface area contributed by atoms with E-state index in [1.165, 1.54) is 7.11 Å². The lowest BCUT2D eigenvalue weighted by atomic mass is 9.73. The topological polar surface area (TPSA) is 49.9 Å². The number of piperidine rings is 2. The molecule has 5 nitrogen and oxygen atoms in total. The van der Waals surface area contributed by atoms with Gasteiger partial charge < -0.3 is 14.5 Å². The van der Waals surface area contributed by atoms with Gasteiger partial charge in [0.15, 0.2) is 0 Å². The second-order valence-electron chi connectivity index (χ2n) is 6.99. The van der Waals surface area contributed by atoms with Crippen molar-refractivity contribution in [3.8, 4) is 0 Å². The summed E-state index contributed by atoms with van der Waals surface area (Å²) in [6.07, 6.45) is 4.43. The maximum Gasteiger partial charge on any atom is 0.409 e. The Kier molecular flexibility index (Phi) is 5.12. The van der Waals surface area contributed by atoms with E-state index in [0.717, 1.165) is 51.9 Å². The number of nitrogens with zero attached hydrogens (tertiary/aromatic N) is 2. The Morgan fingerprint density at radius 1 is 1.33 bits per heavy atom. The van der Waals surface area contributed by atoms with E-state index in [1.54, 1.807) is 4.90 Å². The third kappa shape index (κ3) is 3.89. The van der Waals surface area contributed by atoms with E-state index < -0.39 is 0 Å². The van der Waals surface area contributed by atoms with Crippen LogP contribution in [0.1, 0.15) is 46.0 Å². The van der Waals surface area contributed by atoms with Crippen molar-refractivity contribution in [1.29, 1.82) is 0 Å². The average molecular weight is 296 g/mol. The van der Waals surface area contributed by atoms with Gasteiger partial charge >= 0.3 is 6.09 Å². The summed E-state index contributed by atoms with van der Waals surface area (Å²) >= 11 is 0. The average Bonchev–Trinajstić information content (AvgIpc) is 2.47. The van der Waals surface area contributed by atoms with Crippen molar-refractivity contribution in [2.24, 2.45) is 11.3 Å². The van der Waals surface area contributed by atoms with Gasteiger partial charge in [-0.2, -0.15) is 0 Å². The monoisotopic (exact) mass is 296 g/mol. The van der Waals surface area contributed by atoms with Crippen LogP contribution in [-0.2, 0) is 9.53 Å². The fourth-order valence-electron chi connectivity index (χ4n) is 3.55. The molecule has 2 rings (SSSR count). The van der Waals surface area contributed by atoms with Gasteiger partial charge in [0, 0.05) is 38.0 Å². The third-order valence-corrected chi connectivity index (χ3v) is 4.82. The standard InChI is InChI=1S/C16H28N2O3/c1-13(2)6-10-17-11-16(8-5-14(17)19)7-4-9-18(12-16)15(20)21-3/h13H,4-12H2,1-3H3. The van der Waals surface area contributed by atoms with Gasteiger partial charge in [-0.15, -0.1) is 0 Å². The maximum atomic E-state index is 12.1. The summed E-state index contributed by atoms with van der Waals surface area (Å²) in [7, 11) is 1.43. The first kappa shape index (κ1) is 16.1. The van der Waals surface area contributed by atoms with Gasteiger partial charge in [0.25, 0.3) is 0 Å². The lowest BCUT2D eigenvalue weighted by Crippen LogP contribution is -2.55. The molecule has 0 bridgehead atoms. The molecule has 120 valence electrons. The first-order valence-corrected chi connectivity index (χ1v) is 8.06. The summed E-state index contributed by atoms with van der Waals surface area (Å²) in [6, 6.07) is 0. The molecule has 5 heteroatoms. The van der Waals surface area contributed by atoms with E-state index in [9.17, 15) is 9.59 Å². The van der Waals surface area contributed by atoms with E-state index in [4.69, 9.17) is 4.74 Å². The second-order valence-corrected chi connectivity index (χ2v) is 6.99. The number of carbonyl (C=O) groups is 2. The Morgan fingerprint density at radius 2 is 2.10 bits per heavy atom. The Bertz CT molecular complexity index is 397. The molecule has 2 amide bonds. The molecule has 0 radical (unpaired) electrons. The van der Waals surface area contributed by atoms with E-state index in [0.29, 0.717) is 12.3 Å². The molecule has 2 heterocycles. The summed E-state index contributed by atoms with van der Waals surface area (Å²) in [6.45, 7) is 7.51. The SMILES string of the molecule is COC(=O)N1CCCC2(CCC(=O)N(CCC(C)C)C2)C1. The van der Waals surface area contributed by atoms with Crippen LogP contribution in [0.2, 0.25) is 0 Å². The molecule has 0 aliphatic carbocycles. The third-order valence-electron chi connectivity index (χ3n) is 4.82. The minimum atomic E-state index is -0.236. The lowest BCUT2D eigenvalue weighted by molar-refractivity contribution is -0.139. The normalized spacial score (nSPS) is 26.6. The van der Waals surface area contributed by atoms with Crippen LogP contribution in [0, 0.1) is 11.3 Å². The highest BCUT2D eigenvalue weighted by Crippen LogP contribution is 2.39. The van der Waals surface area contributed by atoms with Crippen molar-refractivity contribution >= 4 is 12.0 Å². The van der Waals surface area contributed by atoms with Crippen molar-refractivity contribution in [3.05, 3.63) is 0 Å². The Labute approximate surface area is 127 Å². The minimum absolute atomic E-state index is 0.0807. The highest BCUT2D eigenvalue weighted by Gasteiger charge is 2.42. The van der Waals surface area contributed by atoms with Crippen molar-refractivity contribution in [3.63, 3.8) is 0 Å². The summed E-state index contributed by atoms with van der Waals surface area (Å²) in [5.41, 5.74) is 0.0807. The van der Waals surface area contributed by atoms with E-state index in [2.05, 4.69) is 13.8 Å². The van der Waals surface area contributed by atoms with E-state index in [-0.39, 0.29) is 17.4 Å². The second kappa shape index (κ2) is 6.67. The van der Waals surface area contributed by atoms with Crippen molar-refractivity contribution in [1.82, 2.24) is 9.80 Å². The van der Waals surface area contributed by atoms with Gasteiger partial charge in [-0.1, -0.05) is 13.8 Å². The predicted octanol–water partition coefficient (Wildman–Crippen LogP) is 2.50. The molecule has 2 fully saturated rings. The number of rotatable bonds is 3. The molecule has 1 spiro atoms. The smallest absolute Gasteiger partial charge is 0.409 e. The number of methoxy groups -OCH3 is 1. The van der Waals surface area contributed by atoms with Crippen LogP contribution in [-0.4, -0.2) is 55.1 Å². The quantitative estimate of drug-likeness (QED) is 0.804. The molecule has 2 saturated heterocycles. The number of likely N-dealkylation sites (tertiary alicyclic amines) is 2. The van der Waals surface area contributed by atoms with Gasteiger partial charge in [0.05, 0.1) is 7.11 Å². The molecule has 0 N–H and O–H groups in total. The lowest BCUT2D eigenvalue weighted by Gasteiger charge is -2.48. The number of ether oxygens (including phenoxy) is 1. The summed E-state index contributed by atoms with van der Waals surface area (Å²) < 4.78 is 4.86. The molecule has 0 aromatic carbocycles. The fourth-order valence-corrected chi connectivity index (χ4v) is 3.55. The van der Waals surface area contributed by atoms with Crippen molar-refractivity contribution < 1.29 is 14.3 Å². The van der Waals surface area contributed by atoms with Crippen LogP contribution >= 0.6 is 0 Å². The molecule has 21 heavy (non-hydrogen) atoms. The summed E-state index contributed by atoms with van der Waals surface area (Å²) in [5, 5.41) is 0. The van der Waals surface area contributed by atoms with Gasteiger partial charge in [0.1, 0.15) is 0 Å². The van der Waals surface area contributed by atoms with Crippen LogP contribution < -0.4 is 0 Å². The molecule has 1 atom stereocenters. The first-order valence-electron chi connectivity index (χ1n) is 8.06. The van der Waals surface area contributed by atoms with Crippen LogP contribution in [0.5, 0.6) is 0 Å². The Hall–Kier alpha value is -1.26. The zero-order valence-electron chi connectivity index (χ0n) is 13.6. The van der Waals surface area contributed by atoms with Gasteiger partial charge in [-0.3, -0.25) is 4.79 Å². The zero-order chi connectivity index (χ0) is 15.5.